The van der Waals surface area contributed by atoms with Crippen LogP contribution in [0.15, 0.2) is 24.3 Å². The molecule has 1 aromatic carbocycles. The summed E-state index contributed by atoms with van der Waals surface area (Å²) in [6.07, 6.45) is 3.93. The van der Waals surface area contributed by atoms with Gasteiger partial charge in [0.25, 0.3) is 0 Å². The van der Waals surface area contributed by atoms with Gasteiger partial charge >= 0.3 is 0 Å². The molecule has 0 aromatic heterocycles. The maximum absolute atomic E-state index is 5.17. The summed E-state index contributed by atoms with van der Waals surface area (Å²) < 4.78 is 5.17. The normalized spacial score (nSPS) is 25.1. The van der Waals surface area contributed by atoms with Crippen molar-refractivity contribution in [2.45, 2.75) is 51.7 Å². The Hall–Kier alpha value is -1.06. The molecule has 0 radical (unpaired) electrons. The highest BCUT2D eigenvalue weighted by Crippen LogP contribution is 2.20. The molecule has 0 aliphatic carbocycles. The van der Waals surface area contributed by atoms with E-state index in [1.54, 1.807) is 7.11 Å². The molecule has 0 bridgehead atoms. The molecule has 1 heterocycles. The van der Waals surface area contributed by atoms with Gasteiger partial charge in [-0.3, -0.25) is 5.43 Å². The van der Waals surface area contributed by atoms with E-state index in [1.165, 1.54) is 24.8 Å². The Bertz CT molecular complexity index is 353. The second-order valence-corrected chi connectivity index (χ2v) is 5.22. The summed E-state index contributed by atoms with van der Waals surface area (Å²) in [5, 5.41) is 2.41. The lowest BCUT2D eigenvalue weighted by Gasteiger charge is -2.39. The van der Waals surface area contributed by atoms with Crippen molar-refractivity contribution >= 4 is 0 Å². The molecule has 1 saturated heterocycles. The van der Waals surface area contributed by atoms with Crippen molar-refractivity contribution in [1.82, 2.24) is 10.4 Å². The highest BCUT2D eigenvalue weighted by atomic mass is 16.5. The lowest BCUT2D eigenvalue weighted by molar-refractivity contribution is 0.0435. The van der Waals surface area contributed by atoms with Gasteiger partial charge in [-0.2, -0.15) is 0 Å². The van der Waals surface area contributed by atoms with E-state index in [9.17, 15) is 0 Å². The SMILES string of the molecule is COc1ccc(CNN2C(C)CCCC2C)cc1. The van der Waals surface area contributed by atoms with E-state index in [-0.39, 0.29) is 0 Å². The summed E-state index contributed by atoms with van der Waals surface area (Å²) in [4.78, 5) is 0. The third-order valence-electron chi connectivity index (χ3n) is 3.82. The van der Waals surface area contributed by atoms with Gasteiger partial charge in [-0.25, -0.2) is 5.01 Å². The van der Waals surface area contributed by atoms with Crippen molar-refractivity contribution in [3.05, 3.63) is 29.8 Å². The van der Waals surface area contributed by atoms with Crippen LogP contribution in [-0.4, -0.2) is 24.2 Å². The molecule has 1 aliphatic heterocycles. The monoisotopic (exact) mass is 248 g/mol. The lowest BCUT2D eigenvalue weighted by Crippen LogP contribution is -2.51. The molecule has 0 saturated carbocycles. The Morgan fingerprint density at radius 2 is 1.78 bits per heavy atom. The van der Waals surface area contributed by atoms with E-state index in [1.807, 2.05) is 12.1 Å². The number of nitrogens with zero attached hydrogens (tertiary/aromatic N) is 1. The molecule has 0 amide bonds. The van der Waals surface area contributed by atoms with Crippen LogP contribution in [0.5, 0.6) is 5.75 Å². The minimum atomic E-state index is 0.631. The van der Waals surface area contributed by atoms with Crippen LogP contribution < -0.4 is 10.2 Å². The number of rotatable bonds is 4. The van der Waals surface area contributed by atoms with Crippen LogP contribution in [0.1, 0.15) is 38.7 Å². The van der Waals surface area contributed by atoms with Crippen LogP contribution in [0.2, 0.25) is 0 Å². The first kappa shape index (κ1) is 13.4. The van der Waals surface area contributed by atoms with E-state index in [0.29, 0.717) is 12.1 Å². The largest absolute Gasteiger partial charge is 0.497 e. The van der Waals surface area contributed by atoms with E-state index in [0.717, 1.165) is 12.3 Å². The quantitative estimate of drug-likeness (QED) is 0.886. The van der Waals surface area contributed by atoms with Crippen molar-refractivity contribution in [1.29, 1.82) is 0 Å². The number of hydrogen-bond acceptors (Lipinski definition) is 3. The van der Waals surface area contributed by atoms with Gasteiger partial charge in [-0.1, -0.05) is 18.6 Å². The second-order valence-electron chi connectivity index (χ2n) is 5.22. The van der Waals surface area contributed by atoms with Gasteiger partial charge in [0.05, 0.1) is 7.11 Å². The topological polar surface area (TPSA) is 24.5 Å². The third-order valence-corrected chi connectivity index (χ3v) is 3.82. The minimum absolute atomic E-state index is 0.631. The number of nitrogens with one attached hydrogen (secondary N) is 1. The molecule has 18 heavy (non-hydrogen) atoms. The Labute approximate surface area is 110 Å². The van der Waals surface area contributed by atoms with Crippen LogP contribution >= 0.6 is 0 Å². The summed E-state index contributed by atoms with van der Waals surface area (Å²) in [6, 6.07) is 9.52. The second kappa shape index (κ2) is 6.21. The smallest absolute Gasteiger partial charge is 0.118 e. The standard InChI is InChI=1S/C15H24N2O/c1-12-5-4-6-13(2)17(12)16-11-14-7-9-15(18-3)10-8-14/h7-10,12-13,16H,4-6,11H2,1-3H3. The molecule has 2 atom stereocenters. The first-order valence-corrected chi connectivity index (χ1v) is 6.85. The number of hydrazine groups is 1. The fourth-order valence-corrected chi connectivity index (χ4v) is 2.66. The number of methoxy groups -OCH3 is 1. The van der Waals surface area contributed by atoms with Gasteiger partial charge in [0.2, 0.25) is 0 Å². The van der Waals surface area contributed by atoms with Gasteiger partial charge in [0, 0.05) is 18.6 Å². The number of piperidine rings is 1. The van der Waals surface area contributed by atoms with E-state index in [2.05, 4.69) is 36.4 Å². The highest BCUT2D eigenvalue weighted by Gasteiger charge is 2.23. The van der Waals surface area contributed by atoms with Crippen molar-refractivity contribution in [3.63, 3.8) is 0 Å². The van der Waals surface area contributed by atoms with Gasteiger partial charge in [-0.05, 0) is 44.4 Å². The van der Waals surface area contributed by atoms with Crippen molar-refractivity contribution < 1.29 is 4.74 Å². The Morgan fingerprint density at radius 1 is 1.17 bits per heavy atom. The van der Waals surface area contributed by atoms with E-state index in [4.69, 9.17) is 4.74 Å². The van der Waals surface area contributed by atoms with E-state index < -0.39 is 0 Å². The predicted octanol–water partition coefficient (Wildman–Crippen LogP) is 2.96. The van der Waals surface area contributed by atoms with Crippen molar-refractivity contribution in [2.24, 2.45) is 0 Å². The summed E-state index contributed by atoms with van der Waals surface area (Å²) in [7, 11) is 1.70. The molecular weight excluding hydrogens is 224 g/mol. The van der Waals surface area contributed by atoms with Gasteiger partial charge < -0.3 is 4.74 Å². The average Bonchev–Trinajstić information content (AvgIpc) is 2.39. The van der Waals surface area contributed by atoms with Crippen LogP contribution in [0.4, 0.5) is 0 Å². The molecule has 1 aliphatic rings. The summed E-state index contributed by atoms with van der Waals surface area (Å²) in [5.74, 6) is 0.915. The Balaban J connectivity index is 1.89. The maximum Gasteiger partial charge on any atom is 0.118 e. The van der Waals surface area contributed by atoms with Crippen LogP contribution in [0.3, 0.4) is 0 Å². The predicted molar refractivity (Wildman–Crippen MR) is 74.4 cm³/mol. The third kappa shape index (κ3) is 3.24. The summed E-state index contributed by atoms with van der Waals surface area (Å²) in [6.45, 7) is 5.49. The summed E-state index contributed by atoms with van der Waals surface area (Å²) in [5.41, 5.74) is 4.86. The van der Waals surface area contributed by atoms with E-state index >= 15 is 0 Å². The molecule has 3 nitrogen and oxygen atoms in total. The van der Waals surface area contributed by atoms with Gasteiger partial charge in [0.1, 0.15) is 5.75 Å². The molecule has 1 aromatic rings. The zero-order valence-corrected chi connectivity index (χ0v) is 11.6. The minimum Gasteiger partial charge on any atom is -0.497 e. The maximum atomic E-state index is 5.17. The fraction of sp³-hybridized carbons (Fsp3) is 0.600. The van der Waals surface area contributed by atoms with Crippen molar-refractivity contribution in [3.8, 4) is 5.75 Å². The molecule has 2 unspecified atom stereocenters. The molecule has 3 heteroatoms. The molecular formula is C15H24N2O. The zero-order chi connectivity index (χ0) is 13.0. The lowest BCUT2D eigenvalue weighted by atomic mass is 10.00. The fourth-order valence-electron chi connectivity index (χ4n) is 2.66. The molecule has 1 fully saturated rings. The molecule has 2 rings (SSSR count). The van der Waals surface area contributed by atoms with Crippen LogP contribution in [0, 0.1) is 0 Å². The highest BCUT2D eigenvalue weighted by molar-refractivity contribution is 5.26. The first-order chi connectivity index (χ1) is 8.70. The number of benzene rings is 1. The average molecular weight is 248 g/mol. The van der Waals surface area contributed by atoms with Gasteiger partial charge in [0.15, 0.2) is 0 Å². The number of hydrogen-bond donors (Lipinski definition) is 1. The zero-order valence-electron chi connectivity index (χ0n) is 11.6. The Kier molecular flexibility index (Phi) is 4.61. The Morgan fingerprint density at radius 3 is 2.33 bits per heavy atom. The first-order valence-electron chi connectivity index (χ1n) is 6.85. The van der Waals surface area contributed by atoms with Crippen LogP contribution in [0.25, 0.3) is 0 Å². The van der Waals surface area contributed by atoms with Gasteiger partial charge in [-0.15, -0.1) is 0 Å². The van der Waals surface area contributed by atoms with Crippen molar-refractivity contribution in [2.75, 3.05) is 7.11 Å². The molecule has 100 valence electrons. The molecule has 1 N–H and O–H groups in total. The number of ether oxygens (including phenoxy) is 1. The summed E-state index contributed by atoms with van der Waals surface area (Å²) >= 11 is 0. The molecule has 0 spiro atoms. The van der Waals surface area contributed by atoms with Crippen LogP contribution in [-0.2, 0) is 6.54 Å².